The first kappa shape index (κ1) is 5.47. The lowest BCUT2D eigenvalue weighted by atomic mass is 10.3. The third-order valence-electron chi connectivity index (χ3n) is 1.63. The summed E-state index contributed by atoms with van der Waals surface area (Å²) >= 11 is 0. The molecule has 2 aromatic heterocycles. The highest BCUT2D eigenvalue weighted by atomic mass is 14.9. The van der Waals surface area contributed by atoms with Crippen LogP contribution in [0.1, 0.15) is 0 Å². The van der Waals surface area contributed by atoms with Gasteiger partial charge in [-0.05, 0) is 12.1 Å². The topological polar surface area (TPSA) is 17.8 Å². The molecule has 0 aliphatic heterocycles. The van der Waals surface area contributed by atoms with E-state index in [9.17, 15) is 0 Å². The Morgan fingerprint density at radius 2 is 2.50 bits per heavy atom. The third kappa shape index (κ3) is 0.620. The van der Waals surface area contributed by atoms with Gasteiger partial charge in [-0.2, -0.15) is 0 Å². The van der Waals surface area contributed by atoms with Gasteiger partial charge in [0.15, 0.2) is 0 Å². The lowest BCUT2D eigenvalue weighted by Crippen LogP contribution is -1.83. The van der Waals surface area contributed by atoms with E-state index in [1.807, 2.05) is 36.1 Å². The van der Waals surface area contributed by atoms with E-state index in [1.165, 1.54) is 5.39 Å². The molecule has 2 heterocycles. The summed E-state index contributed by atoms with van der Waals surface area (Å²) in [7, 11) is 2.00. The molecule has 0 amide bonds. The van der Waals surface area contributed by atoms with Gasteiger partial charge in [-0.1, -0.05) is 0 Å². The van der Waals surface area contributed by atoms with E-state index in [0.29, 0.717) is 0 Å². The number of aryl methyl sites for hydroxylation is 1. The Kier molecular flexibility index (Phi) is 1.01. The van der Waals surface area contributed by atoms with Crippen LogP contribution in [0.5, 0.6) is 0 Å². The summed E-state index contributed by atoms with van der Waals surface area (Å²) in [5, 5.41) is 1.19. The summed E-state index contributed by atoms with van der Waals surface area (Å²) in [5.41, 5.74) is 1.15. The smallest absolute Gasteiger partial charge is 0.0894 e. The van der Waals surface area contributed by atoms with Crippen molar-refractivity contribution in [2.45, 2.75) is 0 Å². The number of pyridine rings is 1. The summed E-state index contributed by atoms with van der Waals surface area (Å²) in [6.45, 7) is 0. The first-order valence-electron chi connectivity index (χ1n) is 3.15. The van der Waals surface area contributed by atoms with E-state index in [0.717, 1.165) is 5.52 Å². The van der Waals surface area contributed by atoms with Crippen molar-refractivity contribution in [3.8, 4) is 0 Å². The zero-order valence-corrected chi connectivity index (χ0v) is 5.70. The molecule has 0 aromatic carbocycles. The van der Waals surface area contributed by atoms with Crippen LogP contribution >= 0.6 is 0 Å². The van der Waals surface area contributed by atoms with Crippen molar-refractivity contribution in [2.24, 2.45) is 7.05 Å². The molecule has 0 bridgehead atoms. The first-order chi connectivity index (χ1) is 4.88. The minimum atomic E-state index is 1.15. The van der Waals surface area contributed by atoms with Crippen LogP contribution in [0.4, 0.5) is 0 Å². The molecule has 0 saturated carbocycles. The van der Waals surface area contributed by atoms with Crippen LogP contribution < -0.4 is 0 Å². The highest BCUT2D eigenvalue weighted by Gasteiger charge is 1.93. The summed E-state index contributed by atoms with van der Waals surface area (Å²) in [5.74, 6) is 0. The Morgan fingerprint density at radius 3 is 3.30 bits per heavy atom. The van der Waals surface area contributed by atoms with Crippen molar-refractivity contribution in [2.75, 3.05) is 0 Å². The minimum absolute atomic E-state index is 1.15. The van der Waals surface area contributed by atoms with Gasteiger partial charge in [0.25, 0.3) is 0 Å². The largest absolute Gasteiger partial charge is 0.349 e. The third-order valence-corrected chi connectivity index (χ3v) is 1.63. The molecular formula is C8H7N2. The fourth-order valence-electron chi connectivity index (χ4n) is 1.05. The average Bonchev–Trinajstić information content (AvgIpc) is 2.34. The lowest BCUT2D eigenvalue weighted by molar-refractivity contribution is 0.965. The standard InChI is InChI=1S/C8H7N2/c1-10-5-3-7-2-4-9-6-8(7)10/h2-3,5-6H,1H3. The van der Waals surface area contributed by atoms with Crippen LogP contribution in [0, 0.1) is 6.20 Å². The molecule has 2 aromatic rings. The van der Waals surface area contributed by atoms with E-state index >= 15 is 0 Å². The molecule has 2 heteroatoms. The number of hydrogen-bond acceptors (Lipinski definition) is 1. The minimum Gasteiger partial charge on any atom is -0.349 e. The SMILES string of the molecule is Cn1ccc2c[c]ncc21. The molecule has 0 atom stereocenters. The lowest BCUT2D eigenvalue weighted by Gasteiger charge is -1.91. The van der Waals surface area contributed by atoms with Crippen LogP contribution in [-0.2, 0) is 7.05 Å². The molecule has 0 unspecified atom stereocenters. The van der Waals surface area contributed by atoms with Crippen molar-refractivity contribution in [3.05, 3.63) is 30.7 Å². The van der Waals surface area contributed by atoms with Crippen LogP contribution in [0.3, 0.4) is 0 Å². The maximum atomic E-state index is 3.90. The summed E-state index contributed by atoms with van der Waals surface area (Å²) in [6, 6.07) is 3.93. The van der Waals surface area contributed by atoms with E-state index in [2.05, 4.69) is 11.2 Å². The van der Waals surface area contributed by atoms with Crippen LogP contribution in [0.15, 0.2) is 24.5 Å². The fraction of sp³-hybridized carbons (Fsp3) is 0.125. The molecule has 2 nitrogen and oxygen atoms in total. The van der Waals surface area contributed by atoms with Crippen molar-refractivity contribution in [1.82, 2.24) is 9.55 Å². The monoisotopic (exact) mass is 131 g/mol. The molecule has 0 aliphatic rings. The van der Waals surface area contributed by atoms with E-state index < -0.39 is 0 Å². The summed E-state index contributed by atoms with van der Waals surface area (Å²) in [6.07, 6.45) is 6.61. The normalized spacial score (nSPS) is 10.5. The molecule has 0 N–H and O–H groups in total. The molecule has 2 rings (SSSR count). The van der Waals surface area contributed by atoms with Gasteiger partial charge >= 0.3 is 0 Å². The van der Waals surface area contributed by atoms with Crippen molar-refractivity contribution < 1.29 is 0 Å². The van der Waals surface area contributed by atoms with Crippen molar-refractivity contribution >= 4 is 10.9 Å². The van der Waals surface area contributed by atoms with Crippen molar-refractivity contribution in [1.29, 1.82) is 0 Å². The Bertz CT molecular complexity index is 349. The predicted molar refractivity (Wildman–Crippen MR) is 39.6 cm³/mol. The molecule has 0 spiro atoms. The number of nitrogens with zero attached hydrogens (tertiary/aromatic N) is 2. The van der Waals surface area contributed by atoms with E-state index in [-0.39, 0.29) is 0 Å². The second kappa shape index (κ2) is 1.84. The molecular weight excluding hydrogens is 124 g/mol. The average molecular weight is 131 g/mol. The number of rotatable bonds is 0. The maximum Gasteiger partial charge on any atom is 0.0894 e. The fourth-order valence-corrected chi connectivity index (χ4v) is 1.05. The van der Waals surface area contributed by atoms with Gasteiger partial charge in [-0.15, -0.1) is 0 Å². The molecule has 1 radical (unpaired) electrons. The van der Waals surface area contributed by atoms with Gasteiger partial charge < -0.3 is 4.57 Å². The van der Waals surface area contributed by atoms with Gasteiger partial charge in [-0.3, -0.25) is 4.98 Å². The quantitative estimate of drug-likeness (QED) is 0.528. The highest BCUT2D eigenvalue weighted by Crippen LogP contribution is 2.10. The Balaban J connectivity index is 2.93. The Labute approximate surface area is 59.1 Å². The molecule has 10 heavy (non-hydrogen) atoms. The number of fused-ring (bicyclic) bond motifs is 1. The highest BCUT2D eigenvalue weighted by molar-refractivity contribution is 5.78. The van der Waals surface area contributed by atoms with Gasteiger partial charge in [0.2, 0.25) is 0 Å². The molecule has 0 aliphatic carbocycles. The number of hydrogen-bond donors (Lipinski definition) is 0. The zero-order chi connectivity index (χ0) is 6.97. The van der Waals surface area contributed by atoms with Gasteiger partial charge in [0.05, 0.1) is 17.9 Å². The van der Waals surface area contributed by atoms with E-state index in [1.54, 1.807) is 0 Å². The van der Waals surface area contributed by atoms with Crippen LogP contribution in [0.2, 0.25) is 0 Å². The molecule has 0 fully saturated rings. The Morgan fingerprint density at radius 1 is 1.60 bits per heavy atom. The second-order valence-corrected chi connectivity index (χ2v) is 2.30. The summed E-state index contributed by atoms with van der Waals surface area (Å²) < 4.78 is 2.04. The van der Waals surface area contributed by atoms with Gasteiger partial charge in [0, 0.05) is 18.6 Å². The Hall–Kier alpha value is -1.31. The predicted octanol–water partition coefficient (Wildman–Crippen LogP) is 1.37. The van der Waals surface area contributed by atoms with Gasteiger partial charge in [0.1, 0.15) is 0 Å². The van der Waals surface area contributed by atoms with Crippen LogP contribution in [0.25, 0.3) is 10.9 Å². The second-order valence-electron chi connectivity index (χ2n) is 2.30. The number of aromatic nitrogens is 2. The molecule has 49 valence electrons. The van der Waals surface area contributed by atoms with Gasteiger partial charge in [-0.25, -0.2) is 0 Å². The first-order valence-corrected chi connectivity index (χ1v) is 3.15. The molecule has 0 saturated heterocycles. The van der Waals surface area contributed by atoms with Crippen molar-refractivity contribution in [3.63, 3.8) is 0 Å². The van der Waals surface area contributed by atoms with E-state index in [4.69, 9.17) is 0 Å². The summed E-state index contributed by atoms with van der Waals surface area (Å²) in [4.78, 5) is 3.90. The zero-order valence-electron chi connectivity index (χ0n) is 5.70. The maximum absolute atomic E-state index is 3.90. The van der Waals surface area contributed by atoms with Crippen LogP contribution in [-0.4, -0.2) is 9.55 Å².